The third kappa shape index (κ3) is 2.96. The van der Waals surface area contributed by atoms with Gasteiger partial charge in [-0.3, -0.25) is 9.59 Å². The quantitative estimate of drug-likeness (QED) is 0.399. The number of ketones is 2. The fourth-order valence-electron chi connectivity index (χ4n) is 2.49. The zero-order chi connectivity index (χ0) is 14.7. The molecule has 0 bridgehead atoms. The Morgan fingerprint density at radius 1 is 1.20 bits per heavy atom. The van der Waals surface area contributed by atoms with Crippen molar-refractivity contribution < 1.29 is 14.7 Å². The second-order valence-corrected chi connectivity index (χ2v) is 5.78. The number of aliphatic hydroxyl groups excluding tert-OH is 1. The molecular formula is C16H18O3S. The fourth-order valence-corrected chi connectivity index (χ4v) is 2.90. The van der Waals surface area contributed by atoms with Crippen LogP contribution in [0, 0.1) is 0 Å². The van der Waals surface area contributed by atoms with Crippen molar-refractivity contribution >= 4 is 23.3 Å². The fraction of sp³-hybridized carbons (Fsp3) is 0.375. The van der Waals surface area contributed by atoms with E-state index >= 15 is 0 Å². The van der Waals surface area contributed by atoms with Gasteiger partial charge in [-0.15, -0.1) is 11.8 Å². The first-order valence-corrected chi connectivity index (χ1v) is 7.91. The molecule has 0 spiro atoms. The lowest BCUT2D eigenvalue weighted by atomic mass is 9.79. The molecule has 1 aliphatic carbocycles. The van der Waals surface area contributed by atoms with Crippen molar-refractivity contribution in [1.29, 1.82) is 0 Å². The summed E-state index contributed by atoms with van der Waals surface area (Å²) in [5, 5.41) is 9.68. The predicted octanol–water partition coefficient (Wildman–Crippen LogP) is 3.65. The summed E-state index contributed by atoms with van der Waals surface area (Å²) in [7, 11) is 0. The van der Waals surface area contributed by atoms with Crippen LogP contribution in [0.15, 0.2) is 40.5 Å². The maximum Gasteiger partial charge on any atom is 0.170 e. The highest BCUT2D eigenvalue weighted by Gasteiger charge is 2.33. The molecule has 1 aromatic rings. The first kappa shape index (κ1) is 14.9. The molecular weight excluding hydrogens is 272 g/mol. The number of aliphatic hydroxyl groups is 1. The summed E-state index contributed by atoms with van der Waals surface area (Å²) >= 11 is 1.66. The van der Waals surface area contributed by atoms with Crippen molar-refractivity contribution in [1.82, 2.24) is 0 Å². The summed E-state index contributed by atoms with van der Waals surface area (Å²) in [6.45, 7) is 1.73. The Kier molecular flexibility index (Phi) is 4.65. The van der Waals surface area contributed by atoms with Crippen molar-refractivity contribution in [2.75, 3.05) is 6.26 Å². The number of thioether (sulfide) groups is 1. The van der Waals surface area contributed by atoms with Gasteiger partial charge in [0.25, 0.3) is 0 Å². The van der Waals surface area contributed by atoms with Gasteiger partial charge in [0.1, 0.15) is 5.76 Å². The minimum absolute atomic E-state index is 0.0180. The minimum Gasteiger partial charge on any atom is -0.511 e. The molecule has 0 aliphatic heterocycles. The minimum atomic E-state index is -0.237. The van der Waals surface area contributed by atoms with Crippen molar-refractivity contribution in [3.05, 3.63) is 41.2 Å². The van der Waals surface area contributed by atoms with E-state index in [1.165, 1.54) is 0 Å². The van der Waals surface area contributed by atoms with Crippen molar-refractivity contribution in [2.24, 2.45) is 0 Å². The molecule has 1 aliphatic rings. The molecule has 106 valence electrons. The van der Waals surface area contributed by atoms with Gasteiger partial charge in [-0.05, 0) is 29.9 Å². The Hall–Kier alpha value is -1.55. The molecule has 0 radical (unpaired) electrons. The molecule has 1 N–H and O–H groups in total. The number of hydrogen-bond acceptors (Lipinski definition) is 4. The zero-order valence-electron chi connectivity index (χ0n) is 11.7. The van der Waals surface area contributed by atoms with Crippen LogP contribution in [-0.2, 0) is 9.59 Å². The van der Waals surface area contributed by atoms with E-state index < -0.39 is 0 Å². The SMILES string of the molecule is CCC(O)=C1C(=O)CC(c2ccc(SC)cc2)CC1=O. The molecule has 3 nitrogen and oxygen atoms in total. The summed E-state index contributed by atoms with van der Waals surface area (Å²) in [5.41, 5.74) is 1.03. The van der Waals surface area contributed by atoms with Crippen LogP contribution < -0.4 is 0 Å². The van der Waals surface area contributed by atoms with Gasteiger partial charge in [-0.2, -0.15) is 0 Å². The van der Waals surface area contributed by atoms with Crippen molar-refractivity contribution in [3.63, 3.8) is 0 Å². The Morgan fingerprint density at radius 3 is 2.20 bits per heavy atom. The molecule has 0 aromatic heterocycles. The Bertz CT molecular complexity index is 538. The van der Waals surface area contributed by atoms with Crippen LogP contribution >= 0.6 is 11.8 Å². The molecule has 0 unspecified atom stereocenters. The van der Waals surface area contributed by atoms with E-state index in [-0.39, 0.29) is 28.8 Å². The number of allylic oxidation sites excluding steroid dienone is 2. The number of Topliss-reactive ketones (excluding diaryl/α,β-unsaturated/α-hetero) is 2. The number of benzene rings is 1. The van der Waals surface area contributed by atoms with Crippen LogP contribution in [0.4, 0.5) is 0 Å². The summed E-state index contributed by atoms with van der Waals surface area (Å²) in [4.78, 5) is 25.3. The summed E-state index contributed by atoms with van der Waals surface area (Å²) in [5.74, 6) is -0.616. The van der Waals surface area contributed by atoms with E-state index in [0.29, 0.717) is 19.3 Å². The molecule has 0 amide bonds. The van der Waals surface area contributed by atoms with Gasteiger partial charge in [0.05, 0.1) is 5.57 Å². The smallest absolute Gasteiger partial charge is 0.170 e. The van der Waals surface area contributed by atoms with E-state index in [0.717, 1.165) is 10.5 Å². The Balaban J connectivity index is 2.22. The van der Waals surface area contributed by atoms with E-state index in [9.17, 15) is 14.7 Å². The van der Waals surface area contributed by atoms with E-state index in [1.807, 2.05) is 30.5 Å². The van der Waals surface area contributed by atoms with Gasteiger partial charge >= 0.3 is 0 Å². The average molecular weight is 290 g/mol. The van der Waals surface area contributed by atoms with Crippen LogP contribution in [0.5, 0.6) is 0 Å². The normalized spacial score (nSPS) is 19.3. The van der Waals surface area contributed by atoms with Gasteiger partial charge in [-0.25, -0.2) is 0 Å². The van der Waals surface area contributed by atoms with Crippen LogP contribution in [0.3, 0.4) is 0 Å². The highest BCUT2D eigenvalue weighted by Crippen LogP contribution is 2.33. The van der Waals surface area contributed by atoms with Gasteiger partial charge < -0.3 is 5.11 Å². The van der Waals surface area contributed by atoms with Gasteiger partial charge in [0.2, 0.25) is 0 Å². The molecule has 1 saturated carbocycles. The molecule has 1 fully saturated rings. The molecule has 20 heavy (non-hydrogen) atoms. The third-order valence-electron chi connectivity index (χ3n) is 3.63. The average Bonchev–Trinajstić information content (AvgIpc) is 2.46. The van der Waals surface area contributed by atoms with E-state index in [2.05, 4.69) is 0 Å². The molecule has 0 atom stereocenters. The van der Waals surface area contributed by atoms with Crippen molar-refractivity contribution in [3.8, 4) is 0 Å². The van der Waals surface area contributed by atoms with E-state index in [4.69, 9.17) is 0 Å². The monoisotopic (exact) mass is 290 g/mol. The number of rotatable bonds is 3. The summed E-state index contributed by atoms with van der Waals surface area (Å²) < 4.78 is 0. The second-order valence-electron chi connectivity index (χ2n) is 4.90. The maximum atomic E-state index is 12.1. The molecule has 2 rings (SSSR count). The second kappa shape index (κ2) is 6.27. The van der Waals surface area contributed by atoms with Crippen LogP contribution in [-0.4, -0.2) is 22.9 Å². The van der Waals surface area contributed by atoms with Crippen molar-refractivity contribution in [2.45, 2.75) is 37.0 Å². The molecule has 0 heterocycles. The maximum absolute atomic E-state index is 12.1. The number of hydrogen-bond donors (Lipinski definition) is 1. The predicted molar refractivity (Wildman–Crippen MR) is 80.2 cm³/mol. The highest BCUT2D eigenvalue weighted by atomic mass is 32.2. The Morgan fingerprint density at radius 2 is 1.75 bits per heavy atom. The third-order valence-corrected chi connectivity index (χ3v) is 4.38. The lowest BCUT2D eigenvalue weighted by molar-refractivity contribution is -0.124. The van der Waals surface area contributed by atoms with Gasteiger partial charge in [-0.1, -0.05) is 19.1 Å². The van der Waals surface area contributed by atoms with E-state index in [1.54, 1.807) is 18.7 Å². The van der Waals surface area contributed by atoms with Gasteiger partial charge in [0, 0.05) is 24.2 Å². The number of carbonyl (C=O) groups excluding carboxylic acids is 2. The topological polar surface area (TPSA) is 54.4 Å². The largest absolute Gasteiger partial charge is 0.511 e. The summed E-state index contributed by atoms with van der Waals surface area (Å²) in [6, 6.07) is 7.96. The highest BCUT2D eigenvalue weighted by molar-refractivity contribution is 7.98. The first-order chi connectivity index (χ1) is 9.56. The lowest BCUT2D eigenvalue weighted by Gasteiger charge is -2.23. The first-order valence-electron chi connectivity index (χ1n) is 6.69. The van der Waals surface area contributed by atoms with Gasteiger partial charge in [0.15, 0.2) is 11.6 Å². The summed E-state index contributed by atoms with van der Waals surface area (Å²) in [6.07, 6.45) is 2.92. The molecule has 1 aromatic carbocycles. The number of carbonyl (C=O) groups is 2. The lowest BCUT2D eigenvalue weighted by Crippen LogP contribution is -2.26. The molecule has 4 heteroatoms. The van der Waals surface area contributed by atoms with Crippen LogP contribution in [0.1, 0.15) is 37.7 Å². The molecule has 0 saturated heterocycles. The standard InChI is InChI=1S/C16H18O3S/c1-3-13(17)16-14(18)8-11(9-15(16)19)10-4-6-12(20-2)7-5-10/h4-7,11,17H,3,8-9H2,1-2H3. The zero-order valence-corrected chi connectivity index (χ0v) is 12.5. The van der Waals surface area contributed by atoms with Crippen LogP contribution in [0.2, 0.25) is 0 Å². The Labute approximate surface area is 123 Å². The van der Waals surface area contributed by atoms with Crippen LogP contribution in [0.25, 0.3) is 0 Å².